The normalized spacial score (nSPS) is 10.5. The highest BCUT2D eigenvalue weighted by atomic mass is 127. The van der Waals surface area contributed by atoms with Crippen LogP contribution < -0.4 is 0 Å². The minimum Gasteiger partial charge on any atom is -0.204 e. The SMILES string of the molecule is Fc1c(Br)c(I)c(Br)c(F)c1I. The molecule has 0 aromatic heterocycles. The van der Waals surface area contributed by atoms with E-state index in [9.17, 15) is 8.78 Å². The summed E-state index contributed by atoms with van der Waals surface area (Å²) in [5.74, 6) is -1.11. The van der Waals surface area contributed by atoms with E-state index in [4.69, 9.17) is 0 Å². The Morgan fingerprint density at radius 2 is 1.17 bits per heavy atom. The van der Waals surface area contributed by atoms with Crippen molar-refractivity contribution in [3.63, 3.8) is 0 Å². The zero-order valence-corrected chi connectivity index (χ0v) is 12.8. The zero-order valence-electron chi connectivity index (χ0n) is 5.27. The molecule has 1 rings (SSSR count). The quantitative estimate of drug-likeness (QED) is 0.263. The molecule has 0 radical (unpaired) electrons. The van der Waals surface area contributed by atoms with Gasteiger partial charge in [-0.2, -0.15) is 0 Å². The summed E-state index contributed by atoms with van der Waals surface area (Å²) in [6.07, 6.45) is 0. The first-order valence-corrected chi connectivity index (χ1v) is 6.38. The smallest absolute Gasteiger partial charge is 0.154 e. The monoisotopic (exact) mass is 522 g/mol. The minimum absolute atomic E-state index is 0.00762. The largest absolute Gasteiger partial charge is 0.204 e. The van der Waals surface area contributed by atoms with Crippen LogP contribution in [-0.4, -0.2) is 0 Å². The van der Waals surface area contributed by atoms with Crippen molar-refractivity contribution in [1.82, 2.24) is 0 Å². The average molecular weight is 524 g/mol. The molecule has 0 bridgehead atoms. The van der Waals surface area contributed by atoms with Gasteiger partial charge in [0.2, 0.25) is 0 Å². The fourth-order valence-electron chi connectivity index (χ4n) is 0.578. The van der Waals surface area contributed by atoms with Crippen LogP contribution >= 0.6 is 77.0 Å². The van der Waals surface area contributed by atoms with Crippen LogP contribution in [-0.2, 0) is 0 Å². The van der Waals surface area contributed by atoms with Crippen LogP contribution in [0.25, 0.3) is 0 Å². The number of benzene rings is 1. The highest BCUT2D eigenvalue weighted by molar-refractivity contribution is 14.1. The van der Waals surface area contributed by atoms with E-state index < -0.39 is 11.6 Å². The van der Waals surface area contributed by atoms with Gasteiger partial charge in [-0.3, -0.25) is 0 Å². The highest BCUT2D eigenvalue weighted by Crippen LogP contribution is 2.35. The van der Waals surface area contributed by atoms with E-state index in [1.54, 1.807) is 22.6 Å². The van der Waals surface area contributed by atoms with Gasteiger partial charge in [0.05, 0.1) is 12.5 Å². The Bertz CT molecular complexity index is 236. The minimum atomic E-state index is -0.555. The van der Waals surface area contributed by atoms with Gasteiger partial charge in [-0.1, -0.05) is 0 Å². The number of hydrogen-bond donors (Lipinski definition) is 0. The maximum Gasteiger partial charge on any atom is 0.154 e. The molecular formula is C6Br2F2I2. The number of rotatable bonds is 0. The first kappa shape index (κ1) is 11.6. The molecular weight excluding hydrogens is 524 g/mol. The molecule has 66 valence electrons. The van der Waals surface area contributed by atoms with Crippen LogP contribution in [0.15, 0.2) is 8.95 Å². The fraction of sp³-hybridized carbons (Fsp3) is 0. The Morgan fingerprint density at radius 1 is 0.833 bits per heavy atom. The maximum atomic E-state index is 13.1. The summed E-state index contributed by atoms with van der Waals surface area (Å²) in [5, 5.41) is 0. The summed E-state index contributed by atoms with van der Waals surface area (Å²) in [4.78, 5) is 0. The molecule has 12 heavy (non-hydrogen) atoms. The molecule has 0 atom stereocenters. The van der Waals surface area contributed by atoms with Gasteiger partial charge >= 0.3 is 0 Å². The van der Waals surface area contributed by atoms with Gasteiger partial charge in [0.15, 0.2) is 11.6 Å². The van der Waals surface area contributed by atoms with E-state index in [0.717, 1.165) is 0 Å². The molecule has 0 heterocycles. The first-order chi connectivity index (χ1) is 5.46. The molecule has 0 aliphatic heterocycles. The average Bonchev–Trinajstić information content (AvgIpc) is 2.08. The lowest BCUT2D eigenvalue weighted by molar-refractivity contribution is 0.559. The predicted octanol–water partition coefficient (Wildman–Crippen LogP) is 4.70. The first-order valence-electron chi connectivity index (χ1n) is 2.63. The molecule has 0 aliphatic carbocycles. The Labute approximate surface area is 112 Å². The lowest BCUT2D eigenvalue weighted by atomic mass is 10.3. The van der Waals surface area contributed by atoms with Crippen LogP contribution in [0.5, 0.6) is 0 Å². The van der Waals surface area contributed by atoms with Gasteiger partial charge in [-0.25, -0.2) is 8.78 Å². The summed E-state index contributed by atoms with van der Waals surface area (Å²) in [6.45, 7) is 0. The standard InChI is InChI=1S/C6Br2F2I2/c7-1-3(9)6(12)4(10)2(8)5(1)11. The highest BCUT2D eigenvalue weighted by Gasteiger charge is 2.18. The maximum absolute atomic E-state index is 13.1. The molecule has 6 heteroatoms. The molecule has 0 fully saturated rings. The summed E-state index contributed by atoms with van der Waals surface area (Å²) in [5.41, 5.74) is 0. The molecule has 0 saturated heterocycles. The fourth-order valence-corrected chi connectivity index (χ4v) is 3.39. The zero-order chi connectivity index (χ0) is 9.46. The Kier molecular flexibility index (Phi) is 4.19. The third-order valence-electron chi connectivity index (χ3n) is 1.16. The second-order valence-corrected chi connectivity index (χ2v) is 5.63. The van der Waals surface area contributed by atoms with Crippen molar-refractivity contribution in [2.75, 3.05) is 0 Å². The second kappa shape index (κ2) is 4.35. The van der Waals surface area contributed by atoms with Crippen molar-refractivity contribution >= 4 is 77.0 Å². The van der Waals surface area contributed by atoms with Crippen LogP contribution in [0.2, 0.25) is 0 Å². The summed E-state index contributed by atoms with van der Waals surface area (Å²) >= 11 is 9.55. The number of hydrogen-bond acceptors (Lipinski definition) is 0. The van der Waals surface area contributed by atoms with E-state index in [1.807, 2.05) is 22.6 Å². The summed E-state index contributed by atoms with van der Waals surface area (Å²) < 4.78 is 27.3. The van der Waals surface area contributed by atoms with Gasteiger partial charge < -0.3 is 0 Å². The van der Waals surface area contributed by atoms with Gasteiger partial charge in [-0.05, 0) is 77.0 Å². The summed E-state index contributed by atoms with van der Waals surface area (Å²) in [7, 11) is 0. The number of halogens is 6. The molecule has 0 unspecified atom stereocenters. The van der Waals surface area contributed by atoms with E-state index in [-0.39, 0.29) is 3.57 Å². The lowest BCUT2D eigenvalue weighted by Gasteiger charge is -2.05. The molecule has 1 aromatic carbocycles. The lowest BCUT2D eigenvalue weighted by Crippen LogP contribution is -1.95. The second-order valence-electron chi connectivity index (χ2n) is 1.88. The Hall–Kier alpha value is 1.50. The van der Waals surface area contributed by atoms with Crippen LogP contribution in [0.4, 0.5) is 8.78 Å². The van der Waals surface area contributed by atoms with Crippen molar-refractivity contribution in [3.8, 4) is 0 Å². The van der Waals surface area contributed by atoms with Gasteiger partial charge in [0.25, 0.3) is 0 Å². The van der Waals surface area contributed by atoms with Crippen LogP contribution in [0.1, 0.15) is 0 Å². The predicted molar refractivity (Wildman–Crippen MR) is 67.2 cm³/mol. The van der Waals surface area contributed by atoms with E-state index >= 15 is 0 Å². The molecule has 0 aliphatic rings. The van der Waals surface area contributed by atoms with Gasteiger partial charge in [0.1, 0.15) is 0 Å². The molecule has 0 N–H and O–H groups in total. The molecule has 0 amide bonds. The molecule has 0 spiro atoms. The van der Waals surface area contributed by atoms with Crippen molar-refractivity contribution in [2.24, 2.45) is 0 Å². The Morgan fingerprint density at radius 3 is 1.50 bits per heavy atom. The van der Waals surface area contributed by atoms with Crippen molar-refractivity contribution in [2.45, 2.75) is 0 Å². The third-order valence-corrected chi connectivity index (χ3v) is 6.15. The van der Waals surface area contributed by atoms with Gasteiger partial charge in [0, 0.05) is 3.57 Å². The van der Waals surface area contributed by atoms with Crippen LogP contribution in [0, 0.1) is 18.8 Å². The third kappa shape index (κ3) is 1.95. The van der Waals surface area contributed by atoms with Crippen molar-refractivity contribution < 1.29 is 8.78 Å². The van der Waals surface area contributed by atoms with E-state index in [0.29, 0.717) is 12.5 Å². The molecule has 0 nitrogen and oxygen atoms in total. The van der Waals surface area contributed by atoms with Crippen molar-refractivity contribution in [1.29, 1.82) is 0 Å². The van der Waals surface area contributed by atoms with E-state index in [2.05, 4.69) is 31.9 Å². The molecule has 0 saturated carbocycles. The Balaban J connectivity index is 3.60. The molecule has 1 aromatic rings. The van der Waals surface area contributed by atoms with E-state index in [1.165, 1.54) is 0 Å². The van der Waals surface area contributed by atoms with Crippen LogP contribution in [0.3, 0.4) is 0 Å². The van der Waals surface area contributed by atoms with Gasteiger partial charge in [-0.15, -0.1) is 0 Å². The topological polar surface area (TPSA) is 0 Å². The summed E-state index contributed by atoms with van der Waals surface area (Å²) in [6, 6.07) is 0. The van der Waals surface area contributed by atoms with Crippen molar-refractivity contribution in [3.05, 3.63) is 27.7 Å².